The van der Waals surface area contributed by atoms with E-state index in [2.05, 4.69) is 5.32 Å². The zero-order valence-electron chi connectivity index (χ0n) is 13.0. The van der Waals surface area contributed by atoms with Crippen LogP contribution in [0.15, 0.2) is 24.3 Å². The molecule has 0 aliphatic carbocycles. The third kappa shape index (κ3) is 4.73. The van der Waals surface area contributed by atoms with Crippen molar-refractivity contribution < 1.29 is 19.1 Å². The second-order valence-electron chi connectivity index (χ2n) is 5.44. The van der Waals surface area contributed by atoms with Gasteiger partial charge in [0.1, 0.15) is 5.75 Å². The predicted molar refractivity (Wildman–Crippen MR) is 81.9 cm³/mol. The largest absolute Gasteiger partial charge is 0.484 e. The van der Waals surface area contributed by atoms with Crippen LogP contribution in [0, 0.1) is 0 Å². The number of amides is 2. The Balaban J connectivity index is 1.90. The van der Waals surface area contributed by atoms with Crippen LogP contribution in [-0.2, 0) is 9.53 Å². The Kier molecular flexibility index (Phi) is 5.77. The predicted octanol–water partition coefficient (Wildman–Crippen LogP) is 1.06. The van der Waals surface area contributed by atoms with E-state index in [1.165, 1.54) is 0 Å². The van der Waals surface area contributed by atoms with Crippen LogP contribution in [0.2, 0.25) is 0 Å². The molecule has 0 bridgehead atoms. The number of nitrogens with one attached hydrogen (secondary N) is 1. The highest BCUT2D eigenvalue weighted by atomic mass is 16.5. The molecule has 1 aliphatic heterocycles. The van der Waals surface area contributed by atoms with Gasteiger partial charge in [-0.3, -0.25) is 9.59 Å². The van der Waals surface area contributed by atoms with Crippen molar-refractivity contribution in [1.82, 2.24) is 10.2 Å². The number of benzene rings is 1. The minimum absolute atomic E-state index is 0.0325. The van der Waals surface area contributed by atoms with Crippen molar-refractivity contribution in [2.45, 2.75) is 19.9 Å². The molecule has 1 aliphatic rings. The number of rotatable bonds is 5. The second-order valence-corrected chi connectivity index (χ2v) is 5.44. The van der Waals surface area contributed by atoms with Crippen molar-refractivity contribution >= 4 is 11.8 Å². The van der Waals surface area contributed by atoms with Gasteiger partial charge in [-0.25, -0.2) is 0 Å². The Morgan fingerprint density at radius 3 is 2.73 bits per heavy atom. The molecule has 1 heterocycles. The molecule has 22 heavy (non-hydrogen) atoms. The molecule has 0 spiro atoms. The fourth-order valence-electron chi connectivity index (χ4n) is 2.12. The van der Waals surface area contributed by atoms with Crippen molar-refractivity contribution in [3.8, 4) is 5.75 Å². The Bertz CT molecular complexity index is 525. The molecule has 1 saturated heterocycles. The van der Waals surface area contributed by atoms with Crippen LogP contribution in [0.4, 0.5) is 0 Å². The van der Waals surface area contributed by atoms with E-state index in [4.69, 9.17) is 9.47 Å². The van der Waals surface area contributed by atoms with Crippen LogP contribution in [0.25, 0.3) is 0 Å². The molecule has 6 heteroatoms. The quantitative estimate of drug-likeness (QED) is 0.883. The molecule has 1 N–H and O–H groups in total. The van der Waals surface area contributed by atoms with Gasteiger partial charge in [-0.15, -0.1) is 0 Å². The first-order valence-electron chi connectivity index (χ1n) is 7.45. The van der Waals surface area contributed by atoms with Crippen LogP contribution in [-0.4, -0.2) is 55.7 Å². The summed E-state index contributed by atoms with van der Waals surface area (Å²) in [4.78, 5) is 25.7. The van der Waals surface area contributed by atoms with Crippen LogP contribution in [0.1, 0.15) is 24.2 Å². The van der Waals surface area contributed by atoms with E-state index in [1.54, 1.807) is 29.2 Å². The monoisotopic (exact) mass is 306 g/mol. The molecule has 2 rings (SSSR count). The highest BCUT2D eigenvalue weighted by Crippen LogP contribution is 2.14. The van der Waals surface area contributed by atoms with Crippen LogP contribution < -0.4 is 10.1 Å². The van der Waals surface area contributed by atoms with Gasteiger partial charge in [0.05, 0.1) is 13.2 Å². The van der Waals surface area contributed by atoms with Gasteiger partial charge in [0.25, 0.3) is 11.8 Å². The molecule has 2 amide bonds. The molecule has 0 radical (unpaired) electrons. The van der Waals surface area contributed by atoms with E-state index in [-0.39, 0.29) is 24.5 Å². The molecule has 1 fully saturated rings. The maximum absolute atomic E-state index is 12.0. The average Bonchev–Trinajstić information content (AvgIpc) is 2.53. The van der Waals surface area contributed by atoms with Crippen LogP contribution >= 0.6 is 0 Å². The lowest BCUT2D eigenvalue weighted by atomic mass is 10.2. The summed E-state index contributed by atoms with van der Waals surface area (Å²) in [6.07, 6.45) is 0. The number of hydrogen-bond acceptors (Lipinski definition) is 4. The van der Waals surface area contributed by atoms with E-state index < -0.39 is 0 Å². The van der Waals surface area contributed by atoms with Crippen LogP contribution in [0.5, 0.6) is 5.75 Å². The summed E-state index contributed by atoms with van der Waals surface area (Å²) in [5.41, 5.74) is 0.519. The third-order valence-corrected chi connectivity index (χ3v) is 3.24. The lowest BCUT2D eigenvalue weighted by molar-refractivity contribution is -0.137. The number of carbonyl (C=O) groups is 2. The average molecular weight is 306 g/mol. The summed E-state index contributed by atoms with van der Waals surface area (Å²) in [5, 5.41) is 2.82. The summed E-state index contributed by atoms with van der Waals surface area (Å²) < 4.78 is 10.7. The number of hydrogen-bond donors (Lipinski definition) is 1. The number of ether oxygens (including phenoxy) is 2. The summed E-state index contributed by atoms with van der Waals surface area (Å²) in [6.45, 7) is 6.10. The lowest BCUT2D eigenvalue weighted by Gasteiger charge is -2.26. The van der Waals surface area contributed by atoms with Crippen molar-refractivity contribution in [3.05, 3.63) is 29.8 Å². The zero-order valence-corrected chi connectivity index (χ0v) is 13.0. The molecular weight excluding hydrogens is 284 g/mol. The molecule has 1 aromatic rings. The topological polar surface area (TPSA) is 67.9 Å². The summed E-state index contributed by atoms with van der Waals surface area (Å²) in [6, 6.07) is 6.90. The SMILES string of the molecule is CC(C)NC(=O)c1cccc(OCC(=O)N2CCOCC2)c1. The van der Waals surface area contributed by atoms with Gasteiger partial charge in [0, 0.05) is 24.7 Å². The van der Waals surface area contributed by atoms with Crippen molar-refractivity contribution in [1.29, 1.82) is 0 Å². The molecule has 0 aromatic heterocycles. The van der Waals surface area contributed by atoms with Gasteiger partial charge in [0.2, 0.25) is 0 Å². The number of nitrogens with zero attached hydrogens (tertiary/aromatic N) is 1. The minimum Gasteiger partial charge on any atom is -0.484 e. The first-order valence-corrected chi connectivity index (χ1v) is 7.45. The smallest absolute Gasteiger partial charge is 0.260 e. The van der Waals surface area contributed by atoms with Crippen molar-refractivity contribution in [2.24, 2.45) is 0 Å². The first-order chi connectivity index (χ1) is 10.6. The minimum atomic E-state index is -0.153. The Labute approximate surface area is 130 Å². The molecule has 120 valence electrons. The Hall–Kier alpha value is -2.08. The van der Waals surface area contributed by atoms with Gasteiger partial charge in [-0.1, -0.05) is 6.07 Å². The molecular formula is C16H22N2O4. The number of morpholine rings is 1. The summed E-state index contributed by atoms with van der Waals surface area (Å²) in [7, 11) is 0. The number of carbonyl (C=O) groups excluding carboxylic acids is 2. The van der Waals surface area contributed by atoms with Gasteiger partial charge in [-0.05, 0) is 32.0 Å². The second kappa shape index (κ2) is 7.79. The molecule has 0 unspecified atom stereocenters. The zero-order chi connectivity index (χ0) is 15.9. The fraction of sp³-hybridized carbons (Fsp3) is 0.500. The summed E-state index contributed by atoms with van der Waals surface area (Å²) >= 11 is 0. The Morgan fingerprint density at radius 1 is 1.32 bits per heavy atom. The van der Waals surface area contributed by atoms with E-state index in [9.17, 15) is 9.59 Å². The molecule has 1 aromatic carbocycles. The molecule has 0 atom stereocenters. The van der Waals surface area contributed by atoms with Gasteiger partial charge in [0.15, 0.2) is 6.61 Å². The summed E-state index contributed by atoms with van der Waals surface area (Å²) in [5.74, 6) is 0.290. The van der Waals surface area contributed by atoms with Gasteiger partial charge < -0.3 is 19.7 Å². The standard InChI is InChI=1S/C16H22N2O4/c1-12(2)17-16(20)13-4-3-5-14(10-13)22-11-15(19)18-6-8-21-9-7-18/h3-5,10,12H,6-9,11H2,1-2H3,(H,17,20). The van der Waals surface area contributed by atoms with Gasteiger partial charge >= 0.3 is 0 Å². The van der Waals surface area contributed by atoms with Gasteiger partial charge in [-0.2, -0.15) is 0 Å². The van der Waals surface area contributed by atoms with Crippen molar-refractivity contribution in [2.75, 3.05) is 32.9 Å². The van der Waals surface area contributed by atoms with E-state index in [0.29, 0.717) is 37.6 Å². The Morgan fingerprint density at radius 2 is 2.05 bits per heavy atom. The van der Waals surface area contributed by atoms with E-state index in [0.717, 1.165) is 0 Å². The molecule has 0 saturated carbocycles. The van der Waals surface area contributed by atoms with Crippen molar-refractivity contribution in [3.63, 3.8) is 0 Å². The highest BCUT2D eigenvalue weighted by Gasteiger charge is 2.17. The highest BCUT2D eigenvalue weighted by molar-refractivity contribution is 5.94. The molecule has 6 nitrogen and oxygen atoms in total. The first kappa shape index (κ1) is 16.3. The van der Waals surface area contributed by atoms with E-state index in [1.807, 2.05) is 13.8 Å². The maximum Gasteiger partial charge on any atom is 0.260 e. The maximum atomic E-state index is 12.0. The lowest BCUT2D eigenvalue weighted by Crippen LogP contribution is -2.43. The van der Waals surface area contributed by atoms with E-state index >= 15 is 0 Å². The normalized spacial score (nSPS) is 14.8. The van der Waals surface area contributed by atoms with Crippen LogP contribution in [0.3, 0.4) is 0 Å². The fourth-order valence-corrected chi connectivity index (χ4v) is 2.12. The third-order valence-electron chi connectivity index (χ3n) is 3.24.